The molecular weight excluding hydrogens is 745 g/mol. The zero-order valence-corrected chi connectivity index (χ0v) is 40.5. The molecule has 1 atom stereocenters. The molecule has 0 rings (SSSR count). The van der Waals surface area contributed by atoms with Crippen LogP contribution in [0, 0.1) is 0 Å². The minimum Gasteiger partial charge on any atom is -0.462 e. The molecule has 0 amide bonds. The standard InChI is InChI=1S/C54H102O6/c1-4-7-10-13-16-19-22-25-27-28-30-32-35-38-41-44-47-53(56)59-50-51(49-58-52(55)46-43-40-37-34-31-24-21-18-15-12-9-6-3)60-54(57)48-45-42-39-36-33-29-26-23-20-17-14-11-8-5-2/h29,33,51H,4-28,30-32,34-50H2,1-3H3/b33-29-. The normalized spacial score (nSPS) is 12.0. The molecule has 0 N–H and O–H groups in total. The van der Waals surface area contributed by atoms with E-state index >= 15 is 0 Å². The lowest BCUT2D eigenvalue weighted by Gasteiger charge is -2.18. The van der Waals surface area contributed by atoms with Gasteiger partial charge in [-0.3, -0.25) is 14.4 Å². The molecule has 6 heteroatoms. The number of rotatable bonds is 49. The first-order chi connectivity index (χ1) is 29.5. The van der Waals surface area contributed by atoms with Crippen LogP contribution in [0.3, 0.4) is 0 Å². The van der Waals surface area contributed by atoms with Gasteiger partial charge in [0.05, 0.1) is 0 Å². The van der Waals surface area contributed by atoms with Crippen molar-refractivity contribution in [3.05, 3.63) is 12.2 Å². The lowest BCUT2D eigenvalue weighted by molar-refractivity contribution is -0.167. The molecule has 0 radical (unpaired) electrons. The van der Waals surface area contributed by atoms with Crippen LogP contribution in [0.1, 0.15) is 297 Å². The maximum Gasteiger partial charge on any atom is 0.306 e. The van der Waals surface area contributed by atoms with E-state index in [0.717, 1.165) is 70.6 Å². The van der Waals surface area contributed by atoms with Gasteiger partial charge in [0.25, 0.3) is 0 Å². The van der Waals surface area contributed by atoms with E-state index in [1.807, 2.05) is 0 Å². The first kappa shape index (κ1) is 58.1. The highest BCUT2D eigenvalue weighted by atomic mass is 16.6. The van der Waals surface area contributed by atoms with Gasteiger partial charge in [0, 0.05) is 19.3 Å². The number of hydrogen-bond donors (Lipinski definition) is 0. The average Bonchev–Trinajstić information content (AvgIpc) is 3.24. The Morgan fingerprint density at radius 3 is 0.850 bits per heavy atom. The molecule has 0 aliphatic carbocycles. The minimum atomic E-state index is -0.771. The Hall–Kier alpha value is -1.85. The first-order valence-electron chi connectivity index (χ1n) is 26.7. The number of carbonyl (C=O) groups excluding carboxylic acids is 3. The van der Waals surface area contributed by atoms with E-state index in [2.05, 4.69) is 32.9 Å². The van der Waals surface area contributed by atoms with Crippen molar-refractivity contribution in [3.63, 3.8) is 0 Å². The van der Waals surface area contributed by atoms with Gasteiger partial charge in [-0.1, -0.05) is 245 Å². The van der Waals surface area contributed by atoms with Gasteiger partial charge in [0.2, 0.25) is 0 Å². The lowest BCUT2D eigenvalue weighted by Crippen LogP contribution is -2.30. The predicted molar refractivity (Wildman–Crippen MR) is 256 cm³/mol. The van der Waals surface area contributed by atoms with Gasteiger partial charge in [-0.15, -0.1) is 0 Å². The highest BCUT2D eigenvalue weighted by Gasteiger charge is 2.19. The molecule has 1 unspecified atom stereocenters. The fraction of sp³-hybridized carbons (Fsp3) is 0.907. The molecule has 0 fully saturated rings. The van der Waals surface area contributed by atoms with Crippen LogP contribution in [-0.4, -0.2) is 37.2 Å². The molecule has 0 aromatic carbocycles. The highest BCUT2D eigenvalue weighted by Crippen LogP contribution is 2.16. The Bertz CT molecular complexity index is 931. The van der Waals surface area contributed by atoms with Gasteiger partial charge in [0.15, 0.2) is 6.10 Å². The summed E-state index contributed by atoms with van der Waals surface area (Å²) in [6, 6.07) is 0. The molecule has 0 spiro atoms. The summed E-state index contributed by atoms with van der Waals surface area (Å²) in [5.74, 6) is -0.868. The molecule has 0 aliphatic rings. The third-order valence-corrected chi connectivity index (χ3v) is 12.0. The van der Waals surface area contributed by atoms with E-state index < -0.39 is 6.10 Å². The van der Waals surface area contributed by atoms with Gasteiger partial charge in [-0.05, 0) is 44.9 Å². The number of hydrogen-bond acceptors (Lipinski definition) is 6. The largest absolute Gasteiger partial charge is 0.462 e. The molecule has 0 aliphatic heterocycles. The number of ether oxygens (including phenoxy) is 3. The van der Waals surface area contributed by atoms with Crippen LogP contribution >= 0.6 is 0 Å². The minimum absolute atomic E-state index is 0.0706. The Morgan fingerprint density at radius 2 is 0.550 bits per heavy atom. The highest BCUT2D eigenvalue weighted by molar-refractivity contribution is 5.71. The molecule has 354 valence electrons. The third kappa shape index (κ3) is 47.2. The fourth-order valence-corrected chi connectivity index (χ4v) is 7.97. The monoisotopic (exact) mass is 847 g/mol. The van der Waals surface area contributed by atoms with Crippen molar-refractivity contribution in [2.45, 2.75) is 303 Å². The SMILES string of the molecule is CCCCCCCCC/C=C\CCCCCC(=O)OC(COC(=O)CCCCCCCCCCCCCC)COC(=O)CCCCCCCCCCCCCCCCCC. The van der Waals surface area contributed by atoms with Gasteiger partial charge in [-0.2, -0.15) is 0 Å². The molecule has 0 aromatic heterocycles. The molecule has 0 saturated carbocycles. The summed E-state index contributed by atoms with van der Waals surface area (Å²) in [6.07, 6.45) is 54.8. The van der Waals surface area contributed by atoms with E-state index in [1.54, 1.807) is 0 Å². The summed E-state index contributed by atoms with van der Waals surface area (Å²) in [5.41, 5.74) is 0. The lowest BCUT2D eigenvalue weighted by atomic mass is 10.0. The molecule has 0 heterocycles. The van der Waals surface area contributed by atoms with Crippen molar-refractivity contribution in [1.82, 2.24) is 0 Å². The van der Waals surface area contributed by atoms with Crippen LogP contribution in [0.4, 0.5) is 0 Å². The van der Waals surface area contributed by atoms with Crippen molar-refractivity contribution in [1.29, 1.82) is 0 Å². The second kappa shape index (κ2) is 49.8. The number of esters is 3. The van der Waals surface area contributed by atoms with E-state index in [4.69, 9.17) is 14.2 Å². The summed E-state index contributed by atoms with van der Waals surface area (Å²) >= 11 is 0. The smallest absolute Gasteiger partial charge is 0.306 e. The summed E-state index contributed by atoms with van der Waals surface area (Å²) in [7, 11) is 0. The van der Waals surface area contributed by atoms with Gasteiger partial charge >= 0.3 is 17.9 Å². The third-order valence-electron chi connectivity index (χ3n) is 12.0. The van der Waals surface area contributed by atoms with Crippen molar-refractivity contribution in [2.24, 2.45) is 0 Å². The molecular formula is C54H102O6. The summed E-state index contributed by atoms with van der Waals surface area (Å²) in [4.78, 5) is 38.0. The van der Waals surface area contributed by atoms with Crippen LogP contribution in [0.15, 0.2) is 12.2 Å². The predicted octanol–water partition coefficient (Wildman–Crippen LogP) is 17.4. The topological polar surface area (TPSA) is 78.9 Å². The van der Waals surface area contributed by atoms with E-state index in [1.165, 1.54) is 186 Å². The fourth-order valence-electron chi connectivity index (χ4n) is 7.97. The second-order valence-electron chi connectivity index (χ2n) is 18.2. The summed E-state index contributed by atoms with van der Waals surface area (Å²) in [5, 5.41) is 0. The molecule has 60 heavy (non-hydrogen) atoms. The number of carbonyl (C=O) groups is 3. The molecule has 0 saturated heterocycles. The zero-order valence-electron chi connectivity index (χ0n) is 40.5. The quantitative estimate of drug-likeness (QED) is 0.0263. The Morgan fingerprint density at radius 1 is 0.317 bits per heavy atom. The Kier molecular flexibility index (Phi) is 48.3. The first-order valence-corrected chi connectivity index (χ1v) is 26.7. The second-order valence-corrected chi connectivity index (χ2v) is 18.2. The zero-order chi connectivity index (χ0) is 43.7. The van der Waals surface area contributed by atoms with Gasteiger partial charge in [0.1, 0.15) is 13.2 Å². The maximum atomic E-state index is 12.8. The van der Waals surface area contributed by atoms with Crippen LogP contribution in [-0.2, 0) is 28.6 Å². The number of unbranched alkanes of at least 4 members (excludes halogenated alkanes) is 36. The van der Waals surface area contributed by atoms with Crippen LogP contribution in [0.5, 0.6) is 0 Å². The maximum absolute atomic E-state index is 12.8. The van der Waals surface area contributed by atoms with Crippen molar-refractivity contribution >= 4 is 17.9 Å². The van der Waals surface area contributed by atoms with Crippen molar-refractivity contribution in [2.75, 3.05) is 13.2 Å². The van der Waals surface area contributed by atoms with E-state index in [-0.39, 0.29) is 31.1 Å². The van der Waals surface area contributed by atoms with Crippen molar-refractivity contribution < 1.29 is 28.6 Å². The van der Waals surface area contributed by atoms with E-state index in [0.29, 0.717) is 19.3 Å². The van der Waals surface area contributed by atoms with Crippen LogP contribution in [0.2, 0.25) is 0 Å². The van der Waals surface area contributed by atoms with Gasteiger partial charge < -0.3 is 14.2 Å². The Labute approximate surface area is 373 Å². The molecule has 6 nitrogen and oxygen atoms in total. The molecule has 0 aromatic rings. The van der Waals surface area contributed by atoms with Crippen LogP contribution < -0.4 is 0 Å². The molecule has 0 bridgehead atoms. The summed E-state index contributed by atoms with van der Waals surface area (Å²) in [6.45, 7) is 6.66. The number of allylic oxidation sites excluding steroid dienone is 2. The Balaban J connectivity index is 4.33. The van der Waals surface area contributed by atoms with Crippen molar-refractivity contribution in [3.8, 4) is 0 Å². The summed E-state index contributed by atoms with van der Waals surface area (Å²) < 4.78 is 16.8. The van der Waals surface area contributed by atoms with Crippen LogP contribution in [0.25, 0.3) is 0 Å². The van der Waals surface area contributed by atoms with Gasteiger partial charge in [-0.25, -0.2) is 0 Å². The average molecular weight is 847 g/mol. The van der Waals surface area contributed by atoms with E-state index in [9.17, 15) is 14.4 Å².